The summed E-state index contributed by atoms with van der Waals surface area (Å²) in [5, 5.41) is 0. The van der Waals surface area contributed by atoms with E-state index < -0.39 is 22.1 Å². The molecule has 6 heteroatoms. The van der Waals surface area contributed by atoms with Gasteiger partial charge in [-0.05, 0) is 19.1 Å². The third-order valence-corrected chi connectivity index (χ3v) is 5.56. The number of rotatable bonds is 6. The number of hydrogen-bond donors (Lipinski definition) is 0. The van der Waals surface area contributed by atoms with Crippen molar-refractivity contribution >= 4 is 10.0 Å². The SMILES string of the molecule is Cc1ccc(S(=O)(=O)[N-][C@@H](c2ccccc2)[C@@H]([NH-])c2ccccc2)cc1.[CH3-].[Ru+3]. The smallest absolute Gasteiger partial charge is 0.672 e. The van der Waals surface area contributed by atoms with Crippen LogP contribution in [0.15, 0.2) is 89.8 Å². The van der Waals surface area contributed by atoms with E-state index in [2.05, 4.69) is 4.72 Å². The van der Waals surface area contributed by atoms with Gasteiger partial charge in [0.25, 0.3) is 0 Å². The largest absolute Gasteiger partial charge is 3.00 e. The Hall–Kier alpha value is -1.85. The summed E-state index contributed by atoms with van der Waals surface area (Å²) in [5.74, 6) is 0. The van der Waals surface area contributed by atoms with Gasteiger partial charge in [0.05, 0.1) is 0 Å². The molecule has 0 aromatic heterocycles. The van der Waals surface area contributed by atoms with Crippen LogP contribution in [0.1, 0.15) is 28.8 Å². The van der Waals surface area contributed by atoms with E-state index in [0.717, 1.165) is 11.1 Å². The zero-order chi connectivity index (χ0) is 18.6. The standard InChI is InChI=1S/C21H20N2O2S.CH3.Ru/c1-16-12-14-19(15-13-16)26(24,25)23-21(18-10-6-3-7-11-18)20(22)17-8-4-2-5-9-17;;/h2-15,20-22H,1H3;1H3;/q-2;-1;+3/t20-,21-;;/m0../s1. The maximum Gasteiger partial charge on any atom is 3.00 e. The third kappa shape index (κ3) is 5.82. The molecule has 147 valence electrons. The van der Waals surface area contributed by atoms with E-state index in [4.69, 9.17) is 5.73 Å². The Labute approximate surface area is 181 Å². The maximum absolute atomic E-state index is 12.8. The average Bonchev–Trinajstić information content (AvgIpc) is 2.67. The third-order valence-electron chi connectivity index (χ3n) is 4.19. The predicted octanol–water partition coefficient (Wildman–Crippen LogP) is 6.04. The van der Waals surface area contributed by atoms with E-state index in [1.807, 2.05) is 67.6 Å². The molecule has 0 unspecified atom stereocenters. The van der Waals surface area contributed by atoms with Crippen LogP contribution >= 0.6 is 0 Å². The molecule has 28 heavy (non-hydrogen) atoms. The molecule has 0 fully saturated rings. The fraction of sp³-hybridized carbons (Fsp3) is 0.136. The van der Waals surface area contributed by atoms with Crippen LogP contribution in [-0.2, 0) is 29.5 Å². The van der Waals surface area contributed by atoms with Crippen LogP contribution < -0.4 is 0 Å². The van der Waals surface area contributed by atoms with Gasteiger partial charge in [0.2, 0.25) is 0 Å². The minimum atomic E-state index is -3.87. The molecule has 0 aliphatic carbocycles. The van der Waals surface area contributed by atoms with Gasteiger partial charge >= 0.3 is 19.5 Å². The molecule has 2 atom stereocenters. The first-order valence-corrected chi connectivity index (χ1v) is 9.76. The van der Waals surface area contributed by atoms with Crippen molar-refractivity contribution in [3.8, 4) is 0 Å². The van der Waals surface area contributed by atoms with Crippen molar-refractivity contribution in [3.63, 3.8) is 0 Å². The van der Waals surface area contributed by atoms with E-state index in [1.54, 1.807) is 24.3 Å². The number of nitrogens with one attached hydrogen (secondary N) is 1. The first-order chi connectivity index (χ1) is 12.5. The fourth-order valence-corrected chi connectivity index (χ4v) is 3.87. The summed E-state index contributed by atoms with van der Waals surface area (Å²) in [5.41, 5.74) is 11.0. The van der Waals surface area contributed by atoms with Gasteiger partial charge in [-0.3, -0.25) is 0 Å². The van der Waals surface area contributed by atoms with Crippen LogP contribution in [0, 0.1) is 14.4 Å². The fourth-order valence-electron chi connectivity index (χ4n) is 2.73. The first kappa shape index (κ1) is 24.2. The van der Waals surface area contributed by atoms with Gasteiger partial charge in [-0.1, -0.05) is 89.5 Å². The summed E-state index contributed by atoms with van der Waals surface area (Å²) < 4.78 is 29.8. The molecule has 3 rings (SSSR count). The molecule has 3 aromatic rings. The molecule has 0 heterocycles. The monoisotopic (exact) mass is 481 g/mol. The summed E-state index contributed by atoms with van der Waals surface area (Å²) in [6.45, 7) is 1.90. The molecule has 0 amide bonds. The van der Waals surface area contributed by atoms with Gasteiger partial charge in [-0.2, -0.15) is 0 Å². The quantitative estimate of drug-likeness (QED) is 0.319. The Balaban J connectivity index is 0.00000196. The molecule has 0 spiro atoms. The molecule has 0 aliphatic rings. The van der Waals surface area contributed by atoms with Crippen molar-refractivity contribution in [2.24, 2.45) is 0 Å². The molecule has 0 saturated heterocycles. The molecule has 3 aromatic carbocycles. The number of benzene rings is 3. The van der Waals surface area contributed by atoms with Crippen molar-refractivity contribution in [3.05, 3.63) is 120 Å². The summed E-state index contributed by atoms with van der Waals surface area (Å²) in [6.07, 6.45) is 0. The number of aryl methyl sites for hydroxylation is 1. The number of hydrogen-bond acceptors (Lipinski definition) is 2. The molecule has 0 bridgehead atoms. The van der Waals surface area contributed by atoms with Crippen LogP contribution in [0.25, 0.3) is 10.5 Å². The summed E-state index contributed by atoms with van der Waals surface area (Å²) >= 11 is 0. The molecule has 1 radical (unpaired) electrons. The van der Waals surface area contributed by atoms with Gasteiger partial charge in [0, 0.05) is 4.90 Å². The Kier molecular flexibility index (Phi) is 9.18. The molecule has 0 saturated carbocycles. The van der Waals surface area contributed by atoms with Crippen molar-refractivity contribution < 1.29 is 27.9 Å². The van der Waals surface area contributed by atoms with Gasteiger partial charge < -0.3 is 17.9 Å². The van der Waals surface area contributed by atoms with E-state index in [1.165, 1.54) is 0 Å². The second-order valence-corrected chi connectivity index (χ2v) is 7.77. The van der Waals surface area contributed by atoms with Gasteiger partial charge in [0.15, 0.2) is 0 Å². The maximum atomic E-state index is 12.8. The van der Waals surface area contributed by atoms with Gasteiger partial charge in [-0.25, -0.2) is 8.42 Å². The minimum absolute atomic E-state index is 0. The summed E-state index contributed by atoms with van der Waals surface area (Å²) in [6, 6.07) is 23.3. The van der Waals surface area contributed by atoms with Crippen molar-refractivity contribution in [1.29, 1.82) is 0 Å². The Bertz CT molecular complexity index is 947. The normalized spacial score (nSPS) is 12.9. The molecule has 4 nitrogen and oxygen atoms in total. The van der Waals surface area contributed by atoms with E-state index in [-0.39, 0.29) is 31.8 Å². The van der Waals surface area contributed by atoms with Crippen molar-refractivity contribution in [1.82, 2.24) is 0 Å². The van der Waals surface area contributed by atoms with Crippen LogP contribution in [0.3, 0.4) is 0 Å². The summed E-state index contributed by atoms with van der Waals surface area (Å²) in [4.78, 5) is 0.143. The van der Waals surface area contributed by atoms with Gasteiger partial charge in [-0.15, -0.1) is 12.1 Å². The second kappa shape index (κ2) is 10.6. The van der Waals surface area contributed by atoms with Crippen molar-refractivity contribution in [2.75, 3.05) is 0 Å². The van der Waals surface area contributed by atoms with E-state index >= 15 is 0 Å². The number of nitrogens with zero attached hydrogens (tertiary/aromatic N) is 1. The van der Waals surface area contributed by atoms with Crippen LogP contribution in [0.5, 0.6) is 0 Å². The molecule has 0 aliphatic heterocycles. The predicted molar refractivity (Wildman–Crippen MR) is 111 cm³/mol. The van der Waals surface area contributed by atoms with Crippen LogP contribution in [0.4, 0.5) is 0 Å². The summed E-state index contributed by atoms with van der Waals surface area (Å²) in [7, 11) is -3.87. The Morgan fingerprint density at radius 2 is 1.25 bits per heavy atom. The van der Waals surface area contributed by atoms with Crippen LogP contribution in [-0.4, -0.2) is 8.42 Å². The van der Waals surface area contributed by atoms with E-state index in [0.29, 0.717) is 5.56 Å². The van der Waals surface area contributed by atoms with Gasteiger partial charge in [0.1, 0.15) is 10.0 Å². The zero-order valence-electron chi connectivity index (χ0n) is 15.8. The number of sulfonamides is 1. The minimum Gasteiger partial charge on any atom is -0.672 e. The van der Waals surface area contributed by atoms with Crippen molar-refractivity contribution in [2.45, 2.75) is 23.9 Å². The Morgan fingerprint density at radius 3 is 1.75 bits per heavy atom. The average molecular weight is 481 g/mol. The van der Waals surface area contributed by atoms with E-state index in [9.17, 15) is 8.42 Å². The molecular formula is C22H23N2O2RuS. The molecule has 1 N–H and O–H groups in total. The molecular weight excluding hydrogens is 457 g/mol. The first-order valence-electron chi connectivity index (χ1n) is 8.32. The Morgan fingerprint density at radius 1 is 0.786 bits per heavy atom. The topological polar surface area (TPSA) is 72.0 Å². The van der Waals surface area contributed by atoms with Crippen LogP contribution in [0.2, 0.25) is 0 Å². The second-order valence-electron chi connectivity index (χ2n) is 6.14. The zero-order valence-corrected chi connectivity index (χ0v) is 18.3.